The molecule has 1 aromatic rings. The van der Waals surface area contributed by atoms with Crippen molar-refractivity contribution in [2.75, 3.05) is 47.4 Å². The summed E-state index contributed by atoms with van der Waals surface area (Å²) in [6, 6.07) is 5.76. The van der Waals surface area contributed by atoms with Crippen LogP contribution in [-0.4, -0.2) is 58.2 Å². The van der Waals surface area contributed by atoms with Gasteiger partial charge in [-0.05, 0) is 37.7 Å². The van der Waals surface area contributed by atoms with E-state index in [1.165, 1.54) is 0 Å². The Kier molecular flexibility index (Phi) is 8.70. The smallest absolute Gasteiger partial charge is 0.191 e. The molecule has 6 heteroatoms. The number of hydrogen-bond donors (Lipinski definition) is 2. The van der Waals surface area contributed by atoms with Crippen LogP contribution in [0, 0.1) is 0 Å². The largest absolute Gasteiger partial charge is 0.497 e. The first-order chi connectivity index (χ1) is 10.6. The molecule has 124 valence electrons. The molecule has 0 fully saturated rings. The van der Waals surface area contributed by atoms with Gasteiger partial charge in [0.25, 0.3) is 0 Å². The second-order valence-electron chi connectivity index (χ2n) is 5.03. The number of hydrogen-bond acceptors (Lipinski definition) is 3. The van der Waals surface area contributed by atoms with Crippen LogP contribution in [0.1, 0.15) is 12.5 Å². The van der Waals surface area contributed by atoms with E-state index >= 15 is 0 Å². The summed E-state index contributed by atoms with van der Waals surface area (Å²) in [7, 11) is 5.52. The lowest BCUT2D eigenvalue weighted by molar-refractivity contribution is 0.357. The Balaban J connectivity index is 2.35. The molecule has 0 saturated carbocycles. The van der Waals surface area contributed by atoms with Crippen LogP contribution in [0.2, 0.25) is 5.02 Å². The number of rotatable bonds is 8. The topological polar surface area (TPSA) is 48.9 Å². The molecule has 0 aliphatic carbocycles. The van der Waals surface area contributed by atoms with Gasteiger partial charge in [0.05, 0.1) is 7.11 Å². The monoisotopic (exact) mass is 326 g/mol. The number of aliphatic imine (C=N–C) groups is 1. The molecule has 5 nitrogen and oxygen atoms in total. The molecule has 0 spiro atoms. The van der Waals surface area contributed by atoms with E-state index in [9.17, 15) is 0 Å². The fourth-order valence-corrected chi connectivity index (χ4v) is 2.18. The Labute approximate surface area is 138 Å². The van der Waals surface area contributed by atoms with E-state index in [2.05, 4.69) is 34.5 Å². The maximum Gasteiger partial charge on any atom is 0.191 e. The Morgan fingerprint density at radius 2 is 2.05 bits per heavy atom. The number of halogens is 1. The van der Waals surface area contributed by atoms with Crippen LogP contribution in [-0.2, 0) is 6.42 Å². The van der Waals surface area contributed by atoms with Gasteiger partial charge < -0.3 is 20.3 Å². The maximum absolute atomic E-state index is 6.23. The molecule has 0 aromatic heterocycles. The quantitative estimate of drug-likeness (QED) is 0.567. The highest BCUT2D eigenvalue weighted by molar-refractivity contribution is 6.31. The number of ether oxygens (including phenoxy) is 1. The zero-order valence-electron chi connectivity index (χ0n) is 13.9. The molecule has 0 bridgehead atoms. The number of benzene rings is 1. The van der Waals surface area contributed by atoms with Gasteiger partial charge in [0, 0.05) is 31.7 Å². The lowest BCUT2D eigenvalue weighted by atomic mass is 10.1. The Bertz CT molecular complexity index is 479. The summed E-state index contributed by atoms with van der Waals surface area (Å²) in [5, 5.41) is 7.32. The Morgan fingerprint density at radius 1 is 1.32 bits per heavy atom. The predicted molar refractivity (Wildman–Crippen MR) is 94.2 cm³/mol. The summed E-state index contributed by atoms with van der Waals surface area (Å²) in [6.45, 7) is 5.82. The van der Waals surface area contributed by atoms with Gasteiger partial charge in [-0.1, -0.05) is 24.6 Å². The van der Waals surface area contributed by atoms with E-state index in [1.54, 1.807) is 14.2 Å². The van der Waals surface area contributed by atoms with Crippen molar-refractivity contribution >= 4 is 17.6 Å². The van der Waals surface area contributed by atoms with Gasteiger partial charge in [0.1, 0.15) is 5.75 Å². The third-order valence-electron chi connectivity index (χ3n) is 3.50. The molecule has 0 radical (unpaired) electrons. The Morgan fingerprint density at radius 3 is 2.64 bits per heavy atom. The molecule has 0 unspecified atom stereocenters. The first-order valence-electron chi connectivity index (χ1n) is 7.56. The summed E-state index contributed by atoms with van der Waals surface area (Å²) < 4.78 is 5.15. The van der Waals surface area contributed by atoms with E-state index in [0.717, 1.165) is 54.9 Å². The van der Waals surface area contributed by atoms with E-state index in [1.807, 2.05) is 18.2 Å². The van der Waals surface area contributed by atoms with E-state index in [4.69, 9.17) is 16.3 Å². The molecule has 22 heavy (non-hydrogen) atoms. The summed E-state index contributed by atoms with van der Waals surface area (Å²) in [6.07, 6.45) is 0.832. The van der Waals surface area contributed by atoms with Crippen LogP contribution in [0.15, 0.2) is 23.2 Å². The second-order valence-corrected chi connectivity index (χ2v) is 5.44. The number of nitrogens with one attached hydrogen (secondary N) is 2. The lowest BCUT2D eigenvalue weighted by Gasteiger charge is -2.16. The van der Waals surface area contributed by atoms with Gasteiger partial charge in [0.2, 0.25) is 0 Å². The molecule has 0 amide bonds. The molecule has 0 aliphatic heterocycles. The summed E-state index contributed by atoms with van der Waals surface area (Å²) >= 11 is 6.23. The molecule has 0 atom stereocenters. The summed E-state index contributed by atoms with van der Waals surface area (Å²) in [5.74, 6) is 1.59. The van der Waals surface area contributed by atoms with Gasteiger partial charge in [0.15, 0.2) is 5.96 Å². The van der Waals surface area contributed by atoms with Crippen LogP contribution in [0.25, 0.3) is 0 Å². The molecular weight excluding hydrogens is 300 g/mol. The number of nitrogens with zero attached hydrogens (tertiary/aromatic N) is 2. The molecular formula is C16H27ClN4O. The fraction of sp³-hybridized carbons (Fsp3) is 0.562. The molecule has 0 heterocycles. The summed E-state index contributed by atoms with van der Waals surface area (Å²) in [4.78, 5) is 6.46. The van der Waals surface area contributed by atoms with Crippen molar-refractivity contribution in [3.8, 4) is 5.75 Å². The molecule has 0 aliphatic rings. The van der Waals surface area contributed by atoms with Crippen LogP contribution in [0.4, 0.5) is 0 Å². The van der Waals surface area contributed by atoms with Crippen molar-refractivity contribution < 1.29 is 4.74 Å². The third kappa shape index (κ3) is 6.54. The van der Waals surface area contributed by atoms with Crippen LogP contribution < -0.4 is 15.4 Å². The van der Waals surface area contributed by atoms with Crippen LogP contribution >= 0.6 is 11.6 Å². The minimum absolute atomic E-state index is 0.730. The van der Waals surface area contributed by atoms with Crippen molar-refractivity contribution in [3.63, 3.8) is 0 Å². The third-order valence-corrected chi connectivity index (χ3v) is 3.85. The van der Waals surface area contributed by atoms with Crippen LogP contribution in [0.3, 0.4) is 0 Å². The van der Waals surface area contributed by atoms with Gasteiger partial charge >= 0.3 is 0 Å². The maximum atomic E-state index is 6.23. The SMILES string of the molecule is CCN(C)CCNC(=NC)NCCc1ccc(OC)cc1Cl. The highest BCUT2D eigenvalue weighted by Gasteiger charge is 2.03. The van der Waals surface area contributed by atoms with Gasteiger partial charge in [-0.2, -0.15) is 0 Å². The zero-order chi connectivity index (χ0) is 16.4. The summed E-state index contributed by atoms with van der Waals surface area (Å²) in [5.41, 5.74) is 1.09. The molecule has 1 rings (SSSR count). The van der Waals surface area contributed by atoms with Crippen LogP contribution in [0.5, 0.6) is 5.75 Å². The number of likely N-dealkylation sites (N-methyl/N-ethyl adjacent to an activating group) is 1. The van der Waals surface area contributed by atoms with E-state index < -0.39 is 0 Å². The van der Waals surface area contributed by atoms with E-state index in [0.29, 0.717) is 0 Å². The minimum atomic E-state index is 0.730. The van der Waals surface area contributed by atoms with Gasteiger partial charge in [-0.25, -0.2) is 0 Å². The van der Waals surface area contributed by atoms with Gasteiger partial charge in [-0.3, -0.25) is 4.99 Å². The molecule has 1 aromatic carbocycles. The van der Waals surface area contributed by atoms with Crippen molar-refractivity contribution in [2.24, 2.45) is 4.99 Å². The van der Waals surface area contributed by atoms with Crippen molar-refractivity contribution in [1.29, 1.82) is 0 Å². The van der Waals surface area contributed by atoms with E-state index in [-0.39, 0.29) is 0 Å². The van der Waals surface area contributed by atoms with Crippen molar-refractivity contribution in [3.05, 3.63) is 28.8 Å². The normalized spacial score (nSPS) is 11.6. The first kappa shape index (κ1) is 18.6. The lowest BCUT2D eigenvalue weighted by Crippen LogP contribution is -2.41. The van der Waals surface area contributed by atoms with Crippen molar-refractivity contribution in [1.82, 2.24) is 15.5 Å². The Hall–Kier alpha value is -1.46. The number of guanidine groups is 1. The average molecular weight is 327 g/mol. The van der Waals surface area contributed by atoms with Gasteiger partial charge in [-0.15, -0.1) is 0 Å². The second kappa shape index (κ2) is 10.3. The average Bonchev–Trinajstić information content (AvgIpc) is 2.54. The van der Waals surface area contributed by atoms with Crippen molar-refractivity contribution in [2.45, 2.75) is 13.3 Å². The minimum Gasteiger partial charge on any atom is -0.497 e. The number of methoxy groups -OCH3 is 1. The standard InChI is InChI=1S/C16H27ClN4O/c1-5-21(3)11-10-20-16(18-2)19-9-8-13-6-7-14(22-4)12-15(13)17/h6-7,12H,5,8-11H2,1-4H3,(H2,18,19,20). The highest BCUT2D eigenvalue weighted by atomic mass is 35.5. The first-order valence-corrected chi connectivity index (χ1v) is 7.94. The zero-order valence-corrected chi connectivity index (χ0v) is 14.7. The molecule has 0 saturated heterocycles. The molecule has 2 N–H and O–H groups in total. The highest BCUT2D eigenvalue weighted by Crippen LogP contribution is 2.22. The fourth-order valence-electron chi connectivity index (χ4n) is 1.92. The predicted octanol–water partition coefficient (Wildman–Crippen LogP) is 2.01.